The molecule has 20 heavy (non-hydrogen) atoms. The van der Waals surface area contributed by atoms with Crippen molar-refractivity contribution in [2.45, 2.75) is 51.6 Å². The van der Waals surface area contributed by atoms with Crippen LogP contribution in [-0.2, 0) is 11.2 Å². The molecule has 0 spiro atoms. The third kappa shape index (κ3) is 4.80. The molecule has 112 valence electrons. The molecule has 2 rings (SSSR count). The van der Waals surface area contributed by atoms with Crippen molar-refractivity contribution in [3.8, 4) is 0 Å². The number of piperidine rings is 1. The van der Waals surface area contributed by atoms with Gasteiger partial charge in [-0.25, -0.2) is 0 Å². The normalized spacial score (nSPS) is 19.8. The number of hydrogen-bond acceptors (Lipinski definition) is 2. The maximum atomic E-state index is 12.1. The first-order chi connectivity index (χ1) is 9.16. The van der Waals surface area contributed by atoms with Gasteiger partial charge in [0.05, 0.1) is 6.04 Å². The molecule has 2 N–H and O–H groups in total. The highest BCUT2D eigenvalue weighted by Crippen LogP contribution is 2.11. The lowest BCUT2D eigenvalue weighted by atomic mass is 10.0. The molecular weight excluding hydrogens is 272 g/mol. The number of halogens is 1. The molecule has 1 heterocycles. The number of carbonyl (C=O) groups excluding carboxylic acids is 1. The monoisotopic (exact) mass is 296 g/mol. The molecule has 0 aliphatic carbocycles. The average Bonchev–Trinajstić information content (AvgIpc) is 2.42. The standard InChI is InChI=1S/C16H24N2O.ClH/c1-12-7-3-4-8-14(12)11-13(2)18-16(19)15-9-5-6-10-17-15;/h3-4,7-8,13,15,17H,5-6,9-11H2,1-2H3,(H,18,19);1H. The van der Waals surface area contributed by atoms with Gasteiger partial charge in [0.2, 0.25) is 5.91 Å². The zero-order valence-electron chi connectivity index (χ0n) is 12.3. The van der Waals surface area contributed by atoms with Crippen LogP contribution in [0.2, 0.25) is 0 Å². The largest absolute Gasteiger partial charge is 0.352 e. The van der Waals surface area contributed by atoms with E-state index >= 15 is 0 Å². The fraction of sp³-hybridized carbons (Fsp3) is 0.562. The molecule has 0 bridgehead atoms. The third-order valence-corrected chi connectivity index (χ3v) is 3.80. The van der Waals surface area contributed by atoms with E-state index in [9.17, 15) is 4.79 Å². The summed E-state index contributed by atoms with van der Waals surface area (Å²) in [6.07, 6.45) is 4.19. The molecule has 0 aromatic heterocycles. The zero-order valence-corrected chi connectivity index (χ0v) is 13.1. The zero-order chi connectivity index (χ0) is 13.7. The lowest BCUT2D eigenvalue weighted by Gasteiger charge is -2.24. The predicted octanol–water partition coefficient (Wildman–Crippen LogP) is 2.61. The van der Waals surface area contributed by atoms with Crippen molar-refractivity contribution < 1.29 is 4.79 Å². The second kappa shape index (κ2) is 8.28. The predicted molar refractivity (Wildman–Crippen MR) is 85.4 cm³/mol. The minimum Gasteiger partial charge on any atom is -0.352 e. The Labute approximate surface area is 127 Å². The maximum Gasteiger partial charge on any atom is 0.237 e. The number of benzene rings is 1. The van der Waals surface area contributed by atoms with E-state index in [0.29, 0.717) is 0 Å². The van der Waals surface area contributed by atoms with E-state index in [2.05, 4.69) is 42.7 Å². The second-order valence-corrected chi connectivity index (χ2v) is 5.54. The van der Waals surface area contributed by atoms with E-state index < -0.39 is 0 Å². The number of hydrogen-bond donors (Lipinski definition) is 2. The van der Waals surface area contributed by atoms with Gasteiger partial charge in [0, 0.05) is 6.04 Å². The first-order valence-electron chi connectivity index (χ1n) is 7.25. The van der Waals surface area contributed by atoms with Gasteiger partial charge < -0.3 is 10.6 Å². The summed E-state index contributed by atoms with van der Waals surface area (Å²) < 4.78 is 0. The van der Waals surface area contributed by atoms with Crippen LogP contribution >= 0.6 is 12.4 Å². The lowest BCUT2D eigenvalue weighted by molar-refractivity contribution is -0.124. The van der Waals surface area contributed by atoms with Gasteiger partial charge in [-0.2, -0.15) is 0 Å². The Hall–Kier alpha value is -1.06. The van der Waals surface area contributed by atoms with Crippen LogP contribution in [0, 0.1) is 6.92 Å². The van der Waals surface area contributed by atoms with Crippen LogP contribution < -0.4 is 10.6 Å². The highest BCUT2D eigenvalue weighted by Gasteiger charge is 2.21. The molecule has 1 aliphatic heterocycles. The van der Waals surface area contributed by atoms with Crippen molar-refractivity contribution in [1.82, 2.24) is 10.6 Å². The summed E-state index contributed by atoms with van der Waals surface area (Å²) in [7, 11) is 0. The van der Waals surface area contributed by atoms with Crippen LogP contribution in [-0.4, -0.2) is 24.5 Å². The summed E-state index contributed by atoms with van der Waals surface area (Å²) in [6, 6.07) is 8.54. The number of carbonyl (C=O) groups is 1. The fourth-order valence-electron chi connectivity index (χ4n) is 2.64. The first kappa shape index (κ1) is 17.0. The molecule has 0 radical (unpaired) electrons. The maximum absolute atomic E-state index is 12.1. The number of nitrogens with one attached hydrogen (secondary N) is 2. The molecule has 1 fully saturated rings. The van der Waals surface area contributed by atoms with Crippen LogP contribution in [0.3, 0.4) is 0 Å². The smallest absolute Gasteiger partial charge is 0.237 e. The fourth-order valence-corrected chi connectivity index (χ4v) is 2.64. The van der Waals surface area contributed by atoms with E-state index in [-0.39, 0.29) is 30.4 Å². The Morgan fingerprint density at radius 3 is 2.80 bits per heavy atom. The lowest BCUT2D eigenvalue weighted by Crippen LogP contribution is -2.49. The summed E-state index contributed by atoms with van der Waals surface area (Å²) in [5.74, 6) is 0.154. The van der Waals surface area contributed by atoms with Gasteiger partial charge in [-0.1, -0.05) is 30.7 Å². The molecule has 1 aliphatic rings. The number of aryl methyl sites for hydroxylation is 1. The Morgan fingerprint density at radius 1 is 1.40 bits per heavy atom. The van der Waals surface area contributed by atoms with Crippen molar-refractivity contribution in [3.63, 3.8) is 0 Å². The highest BCUT2D eigenvalue weighted by atomic mass is 35.5. The van der Waals surface area contributed by atoms with Crippen LogP contribution in [0.4, 0.5) is 0 Å². The molecule has 4 heteroatoms. The minimum atomic E-state index is 0. The topological polar surface area (TPSA) is 41.1 Å². The van der Waals surface area contributed by atoms with Crippen LogP contribution in [0.25, 0.3) is 0 Å². The van der Waals surface area contributed by atoms with E-state index in [1.807, 2.05) is 6.07 Å². The van der Waals surface area contributed by atoms with E-state index in [1.54, 1.807) is 0 Å². The summed E-state index contributed by atoms with van der Waals surface area (Å²) in [5.41, 5.74) is 2.60. The summed E-state index contributed by atoms with van der Waals surface area (Å²) in [6.45, 7) is 5.16. The molecular formula is C16H25ClN2O. The van der Waals surface area contributed by atoms with Gasteiger partial charge >= 0.3 is 0 Å². The van der Waals surface area contributed by atoms with Gasteiger partial charge in [0.25, 0.3) is 0 Å². The third-order valence-electron chi connectivity index (χ3n) is 3.80. The Kier molecular flexibility index (Phi) is 7.03. The van der Waals surface area contributed by atoms with Gasteiger partial charge in [-0.3, -0.25) is 4.79 Å². The van der Waals surface area contributed by atoms with Crippen LogP contribution in [0.15, 0.2) is 24.3 Å². The molecule has 0 saturated carbocycles. The van der Waals surface area contributed by atoms with Crippen LogP contribution in [0.5, 0.6) is 0 Å². The number of amides is 1. The molecule has 1 saturated heterocycles. The van der Waals surface area contributed by atoms with Crippen molar-refractivity contribution in [2.24, 2.45) is 0 Å². The van der Waals surface area contributed by atoms with Gasteiger partial charge in [-0.15, -0.1) is 12.4 Å². The molecule has 1 amide bonds. The Balaban J connectivity index is 0.00000200. The molecule has 3 nitrogen and oxygen atoms in total. The Morgan fingerprint density at radius 2 is 2.15 bits per heavy atom. The SMILES string of the molecule is Cc1ccccc1CC(C)NC(=O)C1CCCCN1.Cl. The summed E-state index contributed by atoms with van der Waals surface area (Å²) in [5, 5.41) is 6.41. The summed E-state index contributed by atoms with van der Waals surface area (Å²) in [4.78, 5) is 12.1. The van der Waals surface area contributed by atoms with E-state index in [4.69, 9.17) is 0 Å². The average molecular weight is 297 g/mol. The molecule has 1 aromatic rings. The van der Waals surface area contributed by atoms with Crippen molar-refractivity contribution in [1.29, 1.82) is 0 Å². The van der Waals surface area contributed by atoms with Gasteiger partial charge in [0.15, 0.2) is 0 Å². The minimum absolute atomic E-state index is 0. The summed E-state index contributed by atoms with van der Waals surface area (Å²) >= 11 is 0. The van der Waals surface area contributed by atoms with E-state index in [0.717, 1.165) is 25.8 Å². The van der Waals surface area contributed by atoms with Gasteiger partial charge in [-0.05, 0) is 50.8 Å². The van der Waals surface area contributed by atoms with E-state index in [1.165, 1.54) is 17.5 Å². The molecule has 1 aromatic carbocycles. The van der Waals surface area contributed by atoms with Crippen molar-refractivity contribution in [3.05, 3.63) is 35.4 Å². The van der Waals surface area contributed by atoms with Crippen LogP contribution in [0.1, 0.15) is 37.3 Å². The highest BCUT2D eigenvalue weighted by molar-refractivity contribution is 5.85. The van der Waals surface area contributed by atoms with Crippen molar-refractivity contribution in [2.75, 3.05) is 6.54 Å². The quantitative estimate of drug-likeness (QED) is 0.897. The van der Waals surface area contributed by atoms with Crippen molar-refractivity contribution >= 4 is 18.3 Å². The number of rotatable bonds is 4. The van der Waals surface area contributed by atoms with Gasteiger partial charge in [0.1, 0.15) is 0 Å². The molecule has 2 unspecified atom stereocenters. The molecule has 2 atom stereocenters. The first-order valence-corrected chi connectivity index (χ1v) is 7.25. The second-order valence-electron chi connectivity index (χ2n) is 5.54. The Bertz CT molecular complexity index is 430.